The van der Waals surface area contributed by atoms with E-state index in [1.807, 2.05) is 18.2 Å². The minimum absolute atomic E-state index is 0.136. The van der Waals surface area contributed by atoms with Gasteiger partial charge in [-0.15, -0.1) is 0 Å². The molecule has 1 saturated heterocycles. The van der Waals surface area contributed by atoms with E-state index in [1.54, 1.807) is 0 Å². The van der Waals surface area contributed by atoms with Crippen molar-refractivity contribution in [3.63, 3.8) is 0 Å². The SMILES string of the molecule is CC1(C)CN(Cc2ccc(Cl)cc2N)CC(C)(C)O1. The number of benzene rings is 1. The standard InChI is InChI=1S/C15H23ClN2O/c1-14(2)9-18(10-15(3,4)19-14)8-11-5-6-12(16)7-13(11)17/h5-7H,8-10,17H2,1-4H3. The number of rotatable bonds is 2. The normalized spacial score (nSPS) is 22.4. The molecule has 4 heteroatoms. The smallest absolute Gasteiger partial charge is 0.0760 e. The maximum Gasteiger partial charge on any atom is 0.0760 e. The second-order valence-electron chi connectivity index (χ2n) is 6.61. The lowest BCUT2D eigenvalue weighted by Crippen LogP contribution is -2.56. The fourth-order valence-corrected chi connectivity index (χ4v) is 3.19. The van der Waals surface area contributed by atoms with Crippen molar-refractivity contribution in [2.45, 2.75) is 45.4 Å². The van der Waals surface area contributed by atoms with E-state index in [9.17, 15) is 0 Å². The molecule has 0 bridgehead atoms. The van der Waals surface area contributed by atoms with E-state index in [0.717, 1.165) is 30.9 Å². The second-order valence-corrected chi connectivity index (χ2v) is 7.05. The minimum atomic E-state index is -0.136. The molecule has 2 rings (SSSR count). The predicted molar refractivity (Wildman–Crippen MR) is 80.4 cm³/mol. The third-order valence-corrected chi connectivity index (χ3v) is 3.50. The molecule has 1 aromatic carbocycles. The Morgan fingerprint density at radius 2 is 1.79 bits per heavy atom. The zero-order chi connectivity index (χ0) is 14.3. The molecule has 0 spiro atoms. The summed E-state index contributed by atoms with van der Waals surface area (Å²) < 4.78 is 6.08. The first kappa shape index (κ1) is 14.6. The highest BCUT2D eigenvalue weighted by atomic mass is 35.5. The summed E-state index contributed by atoms with van der Waals surface area (Å²) in [5, 5.41) is 0.684. The quantitative estimate of drug-likeness (QED) is 0.846. The average Bonchev–Trinajstić information content (AvgIpc) is 2.17. The number of anilines is 1. The van der Waals surface area contributed by atoms with Crippen LogP contribution in [0.15, 0.2) is 18.2 Å². The van der Waals surface area contributed by atoms with Crippen molar-refractivity contribution in [1.29, 1.82) is 0 Å². The summed E-state index contributed by atoms with van der Waals surface area (Å²) >= 11 is 5.94. The van der Waals surface area contributed by atoms with Gasteiger partial charge < -0.3 is 10.5 Å². The average molecular weight is 283 g/mol. The summed E-state index contributed by atoms with van der Waals surface area (Å²) in [5.41, 5.74) is 7.64. The van der Waals surface area contributed by atoms with Gasteiger partial charge in [0.1, 0.15) is 0 Å². The van der Waals surface area contributed by atoms with Crippen LogP contribution in [0.3, 0.4) is 0 Å². The van der Waals surface area contributed by atoms with Gasteiger partial charge in [0.2, 0.25) is 0 Å². The number of nitrogen functional groups attached to an aromatic ring is 1. The Morgan fingerprint density at radius 3 is 2.32 bits per heavy atom. The summed E-state index contributed by atoms with van der Waals surface area (Å²) in [6, 6.07) is 5.71. The molecule has 1 aliphatic heterocycles. The van der Waals surface area contributed by atoms with Gasteiger partial charge in [-0.05, 0) is 45.4 Å². The first-order valence-corrected chi connectivity index (χ1v) is 7.01. The molecule has 3 nitrogen and oxygen atoms in total. The predicted octanol–water partition coefficient (Wildman–Crippen LogP) is 3.31. The summed E-state index contributed by atoms with van der Waals surface area (Å²) in [5.74, 6) is 0. The van der Waals surface area contributed by atoms with Gasteiger partial charge in [0.25, 0.3) is 0 Å². The van der Waals surface area contributed by atoms with Gasteiger partial charge in [0.15, 0.2) is 0 Å². The number of hydrogen-bond donors (Lipinski definition) is 1. The van der Waals surface area contributed by atoms with Crippen molar-refractivity contribution in [3.8, 4) is 0 Å². The van der Waals surface area contributed by atoms with E-state index < -0.39 is 0 Å². The fraction of sp³-hybridized carbons (Fsp3) is 0.600. The summed E-state index contributed by atoms with van der Waals surface area (Å²) in [4.78, 5) is 2.39. The highest BCUT2D eigenvalue weighted by Gasteiger charge is 2.37. The van der Waals surface area contributed by atoms with E-state index in [4.69, 9.17) is 22.1 Å². The van der Waals surface area contributed by atoms with Crippen LogP contribution in [0.4, 0.5) is 5.69 Å². The Labute approximate surface area is 120 Å². The van der Waals surface area contributed by atoms with E-state index in [0.29, 0.717) is 5.02 Å². The molecule has 0 saturated carbocycles. The van der Waals surface area contributed by atoms with E-state index in [1.165, 1.54) is 0 Å². The zero-order valence-corrected chi connectivity index (χ0v) is 12.9. The van der Waals surface area contributed by atoms with Crippen LogP contribution in [0.5, 0.6) is 0 Å². The van der Waals surface area contributed by atoms with Crippen molar-refractivity contribution >= 4 is 17.3 Å². The number of hydrogen-bond acceptors (Lipinski definition) is 3. The highest BCUT2D eigenvalue weighted by molar-refractivity contribution is 6.30. The van der Waals surface area contributed by atoms with Gasteiger partial charge in [0, 0.05) is 30.3 Å². The van der Waals surface area contributed by atoms with Crippen molar-refractivity contribution in [2.24, 2.45) is 0 Å². The van der Waals surface area contributed by atoms with Crippen molar-refractivity contribution < 1.29 is 4.74 Å². The molecule has 2 N–H and O–H groups in total. The number of ether oxygens (including phenoxy) is 1. The van der Waals surface area contributed by atoms with Crippen molar-refractivity contribution in [3.05, 3.63) is 28.8 Å². The van der Waals surface area contributed by atoms with E-state index in [2.05, 4.69) is 32.6 Å². The number of nitrogens with zero attached hydrogens (tertiary/aromatic N) is 1. The second kappa shape index (κ2) is 4.97. The maximum absolute atomic E-state index is 6.08. The number of halogens is 1. The minimum Gasteiger partial charge on any atom is -0.398 e. The molecule has 0 amide bonds. The number of morpholine rings is 1. The monoisotopic (exact) mass is 282 g/mol. The van der Waals surface area contributed by atoms with Gasteiger partial charge in [-0.3, -0.25) is 4.90 Å². The van der Waals surface area contributed by atoms with Crippen LogP contribution in [-0.2, 0) is 11.3 Å². The van der Waals surface area contributed by atoms with Crippen LogP contribution in [0, 0.1) is 0 Å². The van der Waals surface area contributed by atoms with Gasteiger partial charge in [-0.1, -0.05) is 17.7 Å². The largest absolute Gasteiger partial charge is 0.398 e. The molecule has 0 unspecified atom stereocenters. The molecule has 1 fully saturated rings. The Bertz CT molecular complexity index is 455. The fourth-order valence-electron chi connectivity index (χ4n) is 3.01. The molecular weight excluding hydrogens is 260 g/mol. The van der Waals surface area contributed by atoms with Crippen LogP contribution >= 0.6 is 11.6 Å². The van der Waals surface area contributed by atoms with E-state index in [-0.39, 0.29) is 11.2 Å². The van der Waals surface area contributed by atoms with Gasteiger partial charge in [0.05, 0.1) is 11.2 Å². The van der Waals surface area contributed by atoms with E-state index >= 15 is 0 Å². The molecule has 1 aromatic rings. The Kier molecular flexibility index (Phi) is 3.83. The molecule has 1 aliphatic rings. The summed E-state index contributed by atoms with van der Waals surface area (Å²) in [6.07, 6.45) is 0. The van der Waals surface area contributed by atoms with Gasteiger partial charge >= 0.3 is 0 Å². The van der Waals surface area contributed by atoms with Gasteiger partial charge in [-0.2, -0.15) is 0 Å². The molecule has 1 heterocycles. The Balaban J connectivity index is 2.14. The molecule has 106 valence electrons. The molecule has 0 aromatic heterocycles. The highest BCUT2D eigenvalue weighted by Crippen LogP contribution is 2.30. The molecule has 0 atom stereocenters. The molecular formula is C15H23ClN2O. The number of nitrogens with two attached hydrogens (primary N) is 1. The van der Waals surface area contributed by atoms with Crippen LogP contribution < -0.4 is 5.73 Å². The van der Waals surface area contributed by atoms with Gasteiger partial charge in [-0.25, -0.2) is 0 Å². The van der Waals surface area contributed by atoms with Crippen molar-refractivity contribution in [2.75, 3.05) is 18.8 Å². The molecule has 0 radical (unpaired) electrons. The molecule has 0 aliphatic carbocycles. The lowest BCUT2D eigenvalue weighted by molar-refractivity contribution is -0.182. The van der Waals surface area contributed by atoms with Crippen LogP contribution in [0.1, 0.15) is 33.3 Å². The summed E-state index contributed by atoms with van der Waals surface area (Å²) in [7, 11) is 0. The maximum atomic E-state index is 6.08. The lowest BCUT2D eigenvalue weighted by atomic mass is 9.98. The summed E-state index contributed by atoms with van der Waals surface area (Å²) in [6.45, 7) is 11.2. The zero-order valence-electron chi connectivity index (χ0n) is 12.2. The van der Waals surface area contributed by atoms with Crippen LogP contribution in [0.2, 0.25) is 5.02 Å². The first-order chi connectivity index (χ1) is 8.67. The van der Waals surface area contributed by atoms with Crippen LogP contribution in [0.25, 0.3) is 0 Å². The van der Waals surface area contributed by atoms with Crippen molar-refractivity contribution in [1.82, 2.24) is 4.90 Å². The lowest BCUT2D eigenvalue weighted by Gasteiger charge is -2.47. The molecule has 19 heavy (non-hydrogen) atoms. The third-order valence-electron chi connectivity index (χ3n) is 3.26. The Morgan fingerprint density at radius 1 is 1.21 bits per heavy atom. The topological polar surface area (TPSA) is 38.5 Å². The Hall–Kier alpha value is -0.770. The third kappa shape index (κ3) is 3.85. The first-order valence-electron chi connectivity index (χ1n) is 6.63. The van der Waals surface area contributed by atoms with Crippen LogP contribution in [-0.4, -0.2) is 29.2 Å².